The third-order valence-corrected chi connectivity index (χ3v) is 7.03. The highest BCUT2D eigenvalue weighted by atomic mass is 32.2. The Balaban J connectivity index is 1.52. The quantitative estimate of drug-likeness (QED) is 0.151. The van der Waals surface area contributed by atoms with Crippen LogP contribution in [-0.4, -0.2) is 45.5 Å². The fraction of sp³-hybridized carbons (Fsp3) is 0.241. The van der Waals surface area contributed by atoms with Crippen molar-refractivity contribution in [1.82, 2.24) is 9.47 Å². The maximum Gasteiger partial charge on any atom is 0.338 e. The number of ether oxygens (including phenoxy) is 1. The van der Waals surface area contributed by atoms with E-state index in [1.807, 2.05) is 43.5 Å². The van der Waals surface area contributed by atoms with E-state index in [1.165, 1.54) is 0 Å². The van der Waals surface area contributed by atoms with Gasteiger partial charge in [-0.2, -0.15) is 0 Å². The van der Waals surface area contributed by atoms with Crippen molar-refractivity contribution in [3.63, 3.8) is 0 Å². The number of thioether (sulfide) groups is 1. The number of rotatable bonds is 9. The van der Waals surface area contributed by atoms with Crippen molar-refractivity contribution in [2.75, 3.05) is 13.2 Å². The van der Waals surface area contributed by atoms with Crippen LogP contribution < -0.4 is 0 Å². The number of unbranched alkanes of at least 4 members (excludes halogenated alkanes) is 1. The highest BCUT2D eigenvalue weighted by Crippen LogP contribution is 2.34. The van der Waals surface area contributed by atoms with E-state index in [0.29, 0.717) is 17.7 Å². The summed E-state index contributed by atoms with van der Waals surface area (Å²) in [5, 5.41) is -0.462. The van der Waals surface area contributed by atoms with Gasteiger partial charge in [-0.25, -0.2) is 4.79 Å². The number of hydrogen-bond acceptors (Lipinski definition) is 6. The van der Waals surface area contributed by atoms with E-state index in [4.69, 9.17) is 4.74 Å². The van der Waals surface area contributed by atoms with Crippen LogP contribution in [0.1, 0.15) is 57.4 Å². The molecule has 2 amide bonds. The Hall–Kier alpha value is -3.91. The number of nitrogens with zero attached hydrogens (tertiary/aromatic N) is 2. The van der Waals surface area contributed by atoms with E-state index in [2.05, 4.69) is 0 Å². The molecule has 2 aromatic carbocycles. The van der Waals surface area contributed by atoms with Crippen LogP contribution in [0, 0.1) is 13.8 Å². The Morgan fingerprint density at radius 3 is 2.35 bits per heavy atom. The lowest BCUT2D eigenvalue weighted by molar-refractivity contribution is -0.122. The first-order valence-corrected chi connectivity index (χ1v) is 12.9. The molecule has 37 heavy (non-hydrogen) atoms. The molecule has 0 bridgehead atoms. The summed E-state index contributed by atoms with van der Waals surface area (Å²) in [6, 6.07) is 17.7. The zero-order valence-electron chi connectivity index (χ0n) is 21.0. The summed E-state index contributed by atoms with van der Waals surface area (Å²) in [4.78, 5) is 51.5. The number of carbonyl (C=O) groups is 4. The van der Waals surface area contributed by atoms with E-state index >= 15 is 0 Å². The van der Waals surface area contributed by atoms with E-state index in [9.17, 15) is 19.2 Å². The van der Waals surface area contributed by atoms with Gasteiger partial charge in [-0.1, -0.05) is 43.7 Å². The van der Waals surface area contributed by atoms with Crippen molar-refractivity contribution < 1.29 is 23.9 Å². The maximum absolute atomic E-state index is 13.0. The second-order valence-corrected chi connectivity index (χ2v) is 9.75. The summed E-state index contributed by atoms with van der Waals surface area (Å²) in [5.41, 5.74) is 4.40. The van der Waals surface area contributed by atoms with Gasteiger partial charge in [0.05, 0.1) is 23.6 Å². The van der Waals surface area contributed by atoms with Crippen LogP contribution in [-0.2, 0) is 9.53 Å². The summed E-state index contributed by atoms with van der Waals surface area (Å²) < 4.78 is 7.29. The van der Waals surface area contributed by atoms with E-state index in [0.717, 1.165) is 52.1 Å². The van der Waals surface area contributed by atoms with Crippen LogP contribution in [0.3, 0.4) is 0 Å². The average Bonchev–Trinajstić information content (AvgIpc) is 3.33. The predicted octanol–water partition coefficient (Wildman–Crippen LogP) is 5.97. The zero-order valence-corrected chi connectivity index (χ0v) is 21.8. The second kappa shape index (κ2) is 11.4. The van der Waals surface area contributed by atoms with Crippen LogP contribution in [0.25, 0.3) is 11.8 Å². The Morgan fingerprint density at radius 1 is 0.973 bits per heavy atom. The third-order valence-electron chi connectivity index (χ3n) is 6.12. The second-order valence-electron chi connectivity index (χ2n) is 8.76. The Bertz CT molecular complexity index is 1370. The number of aryl methyl sites for hydroxylation is 1. The molecular weight excluding hydrogens is 488 g/mol. The molecule has 0 aliphatic carbocycles. The molecule has 1 saturated heterocycles. The number of esters is 1. The average molecular weight is 517 g/mol. The van der Waals surface area contributed by atoms with Gasteiger partial charge in [0.1, 0.15) is 0 Å². The molecule has 1 aromatic heterocycles. The minimum Gasteiger partial charge on any atom is -0.462 e. The van der Waals surface area contributed by atoms with Crippen molar-refractivity contribution in [1.29, 1.82) is 0 Å². The maximum atomic E-state index is 13.0. The number of aromatic nitrogens is 1. The van der Waals surface area contributed by atoms with E-state index < -0.39 is 11.1 Å². The summed E-state index contributed by atoms with van der Waals surface area (Å²) in [6.45, 7) is 6.02. The SMILES string of the molecule is CCCCOC(=O)c1ccc(-n2c(C)cc(/C=C3\SC(=O)N(CC(=O)c4ccccc4)C3=O)c2C)cc1. The first kappa shape index (κ1) is 26.2. The van der Waals surface area contributed by atoms with Gasteiger partial charge in [0.15, 0.2) is 5.78 Å². The van der Waals surface area contributed by atoms with Gasteiger partial charge in [0.2, 0.25) is 0 Å². The molecule has 190 valence electrons. The summed E-state index contributed by atoms with van der Waals surface area (Å²) in [5.74, 6) is -1.11. The molecule has 3 aromatic rings. The molecule has 4 rings (SSSR count). The van der Waals surface area contributed by atoms with Crippen molar-refractivity contribution in [3.05, 3.63) is 93.6 Å². The molecule has 0 spiro atoms. The minimum atomic E-state index is -0.477. The molecule has 1 aliphatic rings. The Morgan fingerprint density at radius 2 is 1.68 bits per heavy atom. The van der Waals surface area contributed by atoms with Crippen LogP contribution >= 0.6 is 11.8 Å². The Kier molecular flexibility index (Phi) is 8.08. The van der Waals surface area contributed by atoms with Gasteiger partial charge in [-0.3, -0.25) is 19.3 Å². The smallest absolute Gasteiger partial charge is 0.338 e. The van der Waals surface area contributed by atoms with Crippen LogP contribution in [0.2, 0.25) is 0 Å². The number of ketones is 1. The largest absolute Gasteiger partial charge is 0.462 e. The van der Waals surface area contributed by atoms with Crippen molar-refractivity contribution in [3.8, 4) is 5.69 Å². The molecule has 0 radical (unpaired) electrons. The molecule has 1 aliphatic heterocycles. The molecule has 8 heteroatoms. The molecule has 0 atom stereocenters. The lowest BCUT2D eigenvalue weighted by Crippen LogP contribution is -2.33. The number of imide groups is 1. The molecule has 0 saturated carbocycles. The fourth-order valence-corrected chi connectivity index (χ4v) is 4.94. The van der Waals surface area contributed by atoms with Gasteiger partial charge in [0, 0.05) is 22.6 Å². The lowest BCUT2D eigenvalue weighted by atomic mass is 10.1. The number of carbonyl (C=O) groups excluding carboxylic acids is 4. The van der Waals surface area contributed by atoms with Gasteiger partial charge in [0.25, 0.3) is 11.1 Å². The number of benzene rings is 2. The van der Waals surface area contributed by atoms with Gasteiger partial charge in [-0.05, 0) is 74.0 Å². The standard InChI is InChI=1S/C29H28N2O5S/c1-4-5-15-36-28(34)22-11-13-24(14-12-22)31-19(2)16-23(20(31)3)17-26-27(33)30(29(35)37-26)18-25(32)21-9-7-6-8-10-21/h6-14,16-17H,4-5,15,18H2,1-3H3/b26-17-. The molecule has 0 unspecified atom stereocenters. The van der Waals surface area contributed by atoms with Gasteiger partial charge in [-0.15, -0.1) is 0 Å². The van der Waals surface area contributed by atoms with Crippen molar-refractivity contribution in [2.45, 2.75) is 33.6 Å². The predicted molar refractivity (Wildman–Crippen MR) is 144 cm³/mol. The van der Waals surface area contributed by atoms with E-state index in [1.54, 1.807) is 48.5 Å². The molecule has 2 heterocycles. The third kappa shape index (κ3) is 5.75. The highest BCUT2D eigenvalue weighted by molar-refractivity contribution is 8.18. The molecule has 1 fully saturated rings. The van der Waals surface area contributed by atoms with Crippen molar-refractivity contribution >= 4 is 40.7 Å². The monoisotopic (exact) mass is 516 g/mol. The Labute approximate surface area is 220 Å². The van der Waals surface area contributed by atoms with Gasteiger partial charge < -0.3 is 9.30 Å². The first-order chi connectivity index (χ1) is 17.8. The fourth-order valence-electron chi connectivity index (χ4n) is 4.11. The zero-order chi connectivity index (χ0) is 26.5. The highest BCUT2D eigenvalue weighted by Gasteiger charge is 2.36. The van der Waals surface area contributed by atoms with E-state index in [-0.39, 0.29) is 23.2 Å². The minimum absolute atomic E-state index is 0.274. The van der Waals surface area contributed by atoms with Crippen molar-refractivity contribution in [2.24, 2.45) is 0 Å². The molecule has 0 N–H and O–H groups in total. The number of Topliss-reactive ketones (excluding diaryl/α,β-unsaturated/α-hetero) is 1. The van der Waals surface area contributed by atoms with Crippen LogP contribution in [0.5, 0.6) is 0 Å². The number of amides is 2. The molecular formula is C29H28N2O5S. The topological polar surface area (TPSA) is 85.7 Å². The summed E-state index contributed by atoms with van der Waals surface area (Å²) in [6.07, 6.45) is 3.48. The molecule has 7 nitrogen and oxygen atoms in total. The normalized spacial score (nSPS) is 14.5. The van der Waals surface area contributed by atoms with Gasteiger partial charge >= 0.3 is 5.97 Å². The lowest BCUT2D eigenvalue weighted by Gasteiger charge is -2.11. The summed E-state index contributed by atoms with van der Waals surface area (Å²) in [7, 11) is 0. The summed E-state index contributed by atoms with van der Waals surface area (Å²) >= 11 is 0.832. The van der Waals surface area contributed by atoms with Crippen LogP contribution in [0.4, 0.5) is 4.79 Å². The first-order valence-electron chi connectivity index (χ1n) is 12.1. The number of hydrogen-bond donors (Lipinski definition) is 0. The van der Waals surface area contributed by atoms with Crippen LogP contribution in [0.15, 0.2) is 65.6 Å².